The van der Waals surface area contributed by atoms with E-state index in [-0.39, 0.29) is 12.5 Å². The summed E-state index contributed by atoms with van der Waals surface area (Å²) in [7, 11) is 1.79. The fourth-order valence-corrected chi connectivity index (χ4v) is 2.92. The highest BCUT2D eigenvalue weighted by atomic mass is 16.5. The highest BCUT2D eigenvalue weighted by Gasteiger charge is 2.13. The minimum atomic E-state index is -0.129. The highest BCUT2D eigenvalue weighted by molar-refractivity contribution is 5.94. The van der Waals surface area contributed by atoms with Gasteiger partial charge in [0, 0.05) is 31.5 Å². The molecular formula is C17H20N8O2. The van der Waals surface area contributed by atoms with Crippen molar-refractivity contribution in [3.63, 3.8) is 0 Å². The molecule has 0 radical (unpaired) electrons. The van der Waals surface area contributed by atoms with E-state index in [4.69, 9.17) is 4.74 Å². The molecule has 10 nitrogen and oxygen atoms in total. The fourth-order valence-electron chi connectivity index (χ4n) is 2.92. The standard InChI is InChI=1S/C17H20N8O2/c1-23(16-7-6-15-19-21-22-25(15)20-16)12-17(26)18-13-2-4-14(5-3-13)24-8-10-27-11-9-24/h2-7H,8-12H2,1H3,(H,18,26). The monoisotopic (exact) mass is 368 g/mol. The van der Waals surface area contributed by atoms with Gasteiger partial charge < -0.3 is 19.9 Å². The smallest absolute Gasteiger partial charge is 0.243 e. The number of carbonyl (C=O) groups excluding carboxylic acids is 1. The van der Waals surface area contributed by atoms with Crippen LogP contribution in [0.5, 0.6) is 0 Å². The molecule has 1 aromatic carbocycles. The lowest BCUT2D eigenvalue weighted by molar-refractivity contribution is -0.114. The average molecular weight is 368 g/mol. The van der Waals surface area contributed by atoms with Gasteiger partial charge in [0.05, 0.1) is 19.8 Å². The number of morpholine rings is 1. The van der Waals surface area contributed by atoms with Crippen molar-refractivity contribution in [3.8, 4) is 0 Å². The van der Waals surface area contributed by atoms with Crippen LogP contribution in [-0.2, 0) is 9.53 Å². The first-order valence-electron chi connectivity index (χ1n) is 8.68. The zero-order valence-corrected chi connectivity index (χ0v) is 14.9. The molecule has 1 aliphatic heterocycles. The van der Waals surface area contributed by atoms with Crippen LogP contribution in [0.2, 0.25) is 0 Å². The van der Waals surface area contributed by atoms with E-state index in [1.54, 1.807) is 24.1 Å². The average Bonchev–Trinajstić information content (AvgIpc) is 3.17. The predicted molar refractivity (Wildman–Crippen MR) is 100.0 cm³/mol. The Kier molecular flexibility index (Phi) is 4.79. The summed E-state index contributed by atoms with van der Waals surface area (Å²) in [4.78, 5) is 16.3. The van der Waals surface area contributed by atoms with E-state index in [1.807, 2.05) is 24.3 Å². The molecule has 0 saturated carbocycles. The molecule has 1 saturated heterocycles. The Morgan fingerprint density at radius 1 is 1.19 bits per heavy atom. The first-order chi connectivity index (χ1) is 13.2. The number of benzene rings is 1. The molecule has 0 bridgehead atoms. The van der Waals surface area contributed by atoms with Gasteiger partial charge in [-0.25, -0.2) is 0 Å². The maximum absolute atomic E-state index is 12.3. The molecule has 0 aliphatic carbocycles. The zero-order chi connectivity index (χ0) is 18.6. The summed E-state index contributed by atoms with van der Waals surface area (Å²) in [5, 5.41) is 18.3. The van der Waals surface area contributed by atoms with Crippen LogP contribution in [0.4, 0.5) is 17.2 Å². The molecule has 2 aromatic heterocycles. The van der Waals surface area contributed by atoms with Crippen molar-refractivity contribution in [1.82, 2.24) is 25.3 Å². The number of aromatic nitrogens is 5. The maximum atomic E-state index is 12.3. The van der Waals surface area contributed by atoms with Crippen LogP contribution in [0.1, 0.15) is 0 Å². The largest absolute Gasteiger partial charge is 0.378 e. The number of fused-ring (bicyclic) bond motifs is 1. The molecule has 0 atom stereocenters. The van der Waals surface area contributed by atoms with Crippen LogP contribution in [0.15, 0.2) is 36.4 Å². The Labute approximate surface area is 155 Å². The Morgan fingerprint density at radius 3 is 2.74 bits per heavy atom. The number of amides is 1. The quantitative estimate of drug-likeness (QED) is 0.692. The zero-order valence-electron chi connectivity index (χ0n) is 14.9. The summed E-state index contributed by atoms with van der Waals surface area (Å²) in [5.74, 6) is 0.475. The summed E-state index contributed by atoms with van der Waals surface area (Å²) < 4.78 is 6.70. The molecule has 4 rings (SSSR count). The molecule has 10 heteroatoms. The minimum absolute atomic E-state index is 0.129. The van der Waals surface area contributed by atoms with Gasteiger partial charge in [0.1, 0.15) is 0 Å². The van der Waals surface area contributed by atoms with E-state index in [1.165, 1.54) is 4.63 Å². The van der Waals surface area contributed by atoms with E-state index in [2.05, 4.69) is 30.8 Å². The van der Waals surface area contributed by atoms with Crippen molar-refractivity contribution in [3.05, 3.63) is 36.4 Å². The number of likely N-dealkylation sites (N-methyl/N-ethyl adjacent to an activating group) is 1. The summed E-state index contributed by atoms with van der Waals surface area (Å²) in [6.07, 6.45) is 0. The summed E-state index contributed by atoms with van der Waals surface area (Å²) in [5.41, 5.74) is 2.44. The molecule has 140 valence electrons. The van der Waals surface area contributed by atoms with Crippen molar-refractivity contribution in [1.29, 1.82) is 0 Å². The third-order valence-corrected chi connectivity index (χ3v) is 4.35. The number of rotatable bonds is 5. The number of carbonyl (C=O) groups is 1. The minimum Gasteiger partial charge on any atom is -0.378 e. The maximum Gasteiger partial charge on any atom is 0.243 e. The van der Waals surface area contributed by atoms with Gasteiger partial charge in [0.25, 0.3) is 0 Å². The van der Waals surface area contributed by atoms with Gasteiger partial charge in [-0.3, -0.25) is 4.79 Å². The Morgan fingerprint density at radius 2 is 1.96 bits per heavy atom. The highest BCUT2D eigenvalue weighted by Crippen LogP contribution is 2.19. The molecule has 3 aromatic rings. The summed E-state index contributed by atoms with van der Waals surface area (Å²) in [6, 6.07) is 11.4. The van der Waals surface area contributed by atoms with Crippen LogP contribution in [0.3, 0.4) is 0 Å². The van der Waals surface area contributed by atoms with Gasteiger partial charge in [0.2, 0.25) is 5.91 Å². The molecule has 1 amide bonds. The Bertz CT molecular complexity index is 920. The first kappa shape index (κ1) is 17.2. The topological polar surface area (TPSA) is 101 Å². The van der Waals surface area contributed by atoms with E-state index < -0.39 is 0 Å². The van der Waals surface area contributed by atoms with E-state index in [9.17, 15) is 4.79 Å². The second-order valence-corrected chi connectivity index (χ2v) is 6.27. The van der Waals surface area contributed by atoms with E-state index >= 15 is 0 Å². The second kappa shape index (κ2) is 7.54. The summed E-state index contributed by atoms with van der Waals surface area (Å²) >= 11 is 0. The molecule has 3 heterocycles. The van der Waals surface area contributed by atoms with Crippen LogP contribution in [0.25, 0.3) is 5.65 Å². The third kappa shape index (κ3) is 3.95. The normalized spacial score (nSPS) is 14.3. The van der Waals surface area contributed by atoms with E-state index in [0.29, 0.717) is 11.5 Å². The Balaban J connectivity index is 1.35. The number of nitrogens with one attached hydrogen (secondary N) is 1. The second-order valence-electron chi connectivity index (χ2n) is 6.27. The summed E-state index contributed by atoms with van der Waals surface area (Å²) in [6.45, 7) is 3.42. The lowest BCUT2D eigenvalue weighted by atomic mass is 10.2. The van der Waals surface area contributed by atoms with Crippen LogP contribution < -0.4 is 15.1 Å². The van der Waals surface area contributed by atoms with Gasteiger partial charge in [-0.2, -0.15) is 0 Å². The number of hydrogen-bond donors (Lipinski definition) is 1. The van der Waals surface area contributed by atoms with E-state index in [0.717, 1.165) is 37.7 Å². The van der Waals surface area contributed by atoms with Crippen molar-refractivity contribution in [2.75, 3.05) is 55.0 Å². The van der Waals surface area contributed by atoms with Crippen molar-refractivity contribution < 1.29 is 9.53 Å². The molecule has 1 N–H and O–H groups in total. The van der Waals surface area contributed by atoms with Gasteiger partial charge in [-0.05, 0) is 46.8 Å². The first-order valence-corrected chi connectivity index (χ1v) is 8.68. The lowest BCUT2D eigenvalue weighted by Crippen LogP contribution is -2.36. The van der Waals surface area contributed by atoms with Gasteiger partial charge in [-0.1, -0.05) is 0 Å². The molecule has 1 aliphatic rings. The van der Waals surface area contributed by atoms with Crippen molar-refractivity contribution in [2.24, 2.45) is 0 Å². The SMILES string of the molecule is CN(CC(=O)Nc1ccc(N2CCOCC2)cc1)c1ccc2nnnn2n1. The third-order valence-electron chi connectivity index (χ3n) is 4.35. The van der Waals surface area contributed by atoms with Crippen LogP contribution in [0, 0.1) is 0 Å². The van der Waals surface area contributed by atoms with Gasteiger partial charge in [0.15, 0.2) is 11.5 Å². The van der Waals surface area contributed by atoms with Crippen LogP contribution >= 0.6 is 0 Å². The molecular weight excluding hydrogens is 348 g/mol. The number of ether oxygens (including phenoxy) is 1. The molecule has 0 unspecified atom stereocenters. The van der Waals surface area contributed by atoms with Crippen LogP contribution in [-0.4, -0.2) is 71.1 Å². The van der Waals surface area contributed by atoms with Gasteiger partial charge in [-0.15, -0.1) is 14.8 Å². The predicted octanol–water partition coefficient (Wildman–Crippen LogP) is 0.431. The number of hydrogen-bond acceptors (Lipinski definition) is 8. The number of nitrogens with zero attached hydrogens (tertiary/aromatic N) is 7. The number of anilines is 3. The van der Waals surface area contributed by atoms with Crippen molar-refractivity contribution in [2.45, 2.75) is 0 Å². The molecule has 1 fully saturated rings. The lowest BCUT2D eigenvalue weighted by Gasteiger charge is -2.28. The number of tetrazole rings is 1. The van der Waals surface area contributed by atoms with Gasteiger partial charge >= 0.3 is 0 Å². The molecule has 27 heavy (non-hydrogen) atoms. The molecule has 0 spiro atoms. The Hall–Kier alpha value is -3.27. The van der Waals surface area contributed by atoms with Crippen molar-refractivity contribution >= 4 is 28.7 Å². The fraction of sp³-hybridized carbons (Fsp3) is 0.353.